The van der Waals surface area contributed by atoms with Crippen LogP contribution in [0.15, 0.2) is 60.7 Å². The first-order chi connectivity index (χ1) is 10.7. The standard InChI is InChI=1S/C22H22/c1-4-5-12-21-17(3)20-14-9-7-11-18(20)15-22(21)19-13-8-6-10-16(19)2/h5-15H,4H2,1-3H3/b12-5-. The van der Waals surface area contributed by atoms with Crippen LogP contribution in [0.25, 0.3) is 28.0 Å². The molecular formula is C22H22. The summed E-state index contributed by atoms with van der Waals surface area (Å²) in [5.74, 6) is 0. The maximum atomic E-state index is 2.33. The summed E-state index contributed by atoms with van der Waals surface area (Å²) >= 11 is 0. The summed E-state index contributed by atoms with van der Waals surface area (Å²) in [4.78, 5) is 0. The maximum absolute atomic E-state index is 2.33. The van der Waals surface area contributed by atoms with Crippen LogP contribution in [0.1, 0.15) is 30.0 Å². The van der Waals surface area contributed by atoms with E-state index in [0.717, 1.165) is 6.42 Å². The fraction of sp³-hybridized carbons (Fsp3) is 0.182. The number of benzene rings is 3. The van der Waals surface area contributed by atoms with Gasteiger partial charge in [-0.25, -0.2) is 0 Å². The highest BCUT2D eigenvalue weighted by atomic mass is 14.1. The Hall–Kier alpha value is -2.34. The van der Waals surface area contributed by atoms with Crippen LogP contribution in [-0.2, 0) is 0 Å². The average Bonchev–Trinajstić information content (AvgIpc) is 2.54. The molecule has 0 aliphatic carbocycles. The van der Waals surface area contributed by atoms with Crippen LogP contribution in [-0.4, -0.2) is 0 Å². The number of allylic oxidation sites excluding steroid dienone is 1. The van der Waals surface area contributed by atoms with Gasteiger partial charge in [0.1, 0.15) is 0 Å². The van der Waals surface area contributed by atoms with Crippen LogP contribution in [0, 0.1) is 13.8 Å². The molecule has 3 rings (SSSR count). The Kier molecular flexibility index (Phi) is 4.11. The molecule has 0 amide bonds. The molecule has 0 aliphatic heterocycles. The van der Waals surface area contributed by atoms with E-state index in [1.165, 1.54) is 38.6 Å². The van der Waals surface area contributed by atoms with Crippen molar-refractivity contribution in [2.45, 2.75) is 27.2 Å². The van der Waals surface area contributed by atoms with E-state index in [4.69, 9.17) is 0 Å². The summed E-state index contributed by atoms with van der Waals surface area (Å²) in [6.45, 7) is 6.60. The molecule has 0 saturated heterocycles. The van der Waals surface area contributed by atoms with Crippen molar-refractivity contribution < 1.29 is 0 Å². The Morgan fingerprint density at radius 1 is 0.864 bits per heavy atom. The Bertz CT molecular complexity index is 838. The van der Waals surface area contributed by atoms with E-state index >= 15 is 0 Å². The van der Waals surface area contributed by atoms with Gasteiger partial charge >= 0.3 is 0 Å². The van der Waals surface area contributed by atoms with Gasteiger partial charge in [0, 0.05) is 0 Å². The predicted molar refractivity (Wildman–Crippen MR) is 98.2 cm³/mol. The zero-order valence-electron chi connectivity index (χ0n) is 13.6. The van der Waals surface area contributed by atoms with Gasteiger partial charge < -0.3 is 0 Å². The highest BCUT2D eigenvalue weighted by Crippen LogP contribution is 2.34. The minimum absolute atomic E-state index is 1.06. The Morgan fingerprint density at radius 2 is 1.59 bits per heavy atom. The van der Waals surface area contributed by atoms with Crippen molar-refractivity contribution in [3.05, 3.63) is 77.4 Å². The van der Waals surface area contributed by atoms with Crippen molar-refractivity contribution in [1.29, 1.82) is 0 Å². The minimum atomic E-state index is 1.06. The highest BCUT2D eigenvalue weighted by molar-refractivity contribution is 5.95. The Labute approximate surface area is 133 Å². The van der Waals surface area contributed by atoms with Gasteiger partial charge in [0.05, 0.1) is 0 Å². The van der Waals surface area contributed by atoms with E-state index in [1.54, 1.807) is 0 Å². The molecule has 0 radical (unpaired) electrons. The van der Waals surface area contributed by atoms with E-state index in [-0.39, 0.29) is 0 Å². The van der Waals surface area contributed by atoms with Gasteiger partial charge in [-0.15, -0.1) is 0 Å². The van der Waals surface area contributed by atoms with Gasteiger partial charge in [-0.3, -0.25) is 0 Å². The van der Waals surface area contributed by atoms with E-state index in [2.05, 4.69) is 87.5 Å². The fourth-order valence-corrected chi connectivity index (χ4v) is 3.09. The fourth-order valence-electron chi connectivity index (χ4n) is 3.09. The predicted octanol–water partition coefficient (Wildman–Crippen LogP) is 6.55. The molecule has 0 nitrogen and oxygen atoms in total. The van der Waals surface area contributed by atoms with E-state index in [0.29, 0.717) is 0 Å². The first-order valence-electron chi connectivity index (χ1n) is 7.97. The van der Waals surface area contributed by atoms with Crippen LogP contribution in [0.2, 0.25) is 0 Å². The zero-order valence-corrected chi connectivity index (χ0v) is 13.6. The van der Waals surface area contributed by atoms with Crippen LogP contribution in [0.4, 0.5) is 0 Å². The number of hydrogen-bond donors (Lipinski definition) is 0. The summed E-state index contributed by atoms with van der Waals surface area (Å²) in [5, 5.41) is 2.66. The molecule has 3 aromatic rings. The highest BCUT2D eigenvalue weighted by Gasteiger charge is 2.11. The minimum Gasteiger partial charge on any atom is -0.0842 e. The molecule has 0 N–H and O–H groups in total. The molecule has 0 atom stereocenters. The van der Waals surface area contributed by atoms with Gasteiger partial charge in [0.2, 0.25) is 0 Å². The van der Waals surface area contributed by atoms with Crippen molar-refractivity contribution in [2.75, 3.05) is 0 Å². The molecule has 0 unspecified atom stereocenters. The molecule has 0 spiro atoms. The van der Waals surface area contributed by atoms with Crippen molar-refractivity contribution in [2.24, 2.45) is 0 Å². The van der Waals surface area contributed by atoms with E-state index in [1.807, 2.05) is 0 Å². The number of hydrogen-bond acceptors (Lipinski definition) is 0. The smallest absolute Gasteiger partial charge is 0.00998 e. The molecule has 0 heterocycles. The number of aryl methyl sites for hydroxylation is 2. The first-order valence-corrected chi connectivity index (χ1v) is 7.97. The van der Waals surface area contributed by atoms with Gasteiger partial charge in [-0.2, -0.15) is 0 Å². The summed E-state index contributed by atoms with van der Waals surface area (Å²) in [6, 6.07) is 19.6. The molecule has 0 heteroatoms. The van der Waals surface area contributed by atoms with Gasteiger partial charge in [-0.05, 0) is 64.9 Å². The normalized spacial score (nSPS) is 11.4. The Morgan fingerprint density at radius 3 is 2.36 bits per heavy atom. The van der Waals surface area contributed by atoms with Crippen LogP contribution in [0.5, 0.6) is 0 Å². The second kappa shape index (κ2) is 6.19. The van der Waals surface area contributed by atoms with Gasteiger partial charge in [0.25, 0.3) is 0 Å². The quantitative estimate of drug-likeness (QED) is 0.512. The van der Waals surface area contributed by atoms with Crippen molar-refractivity contribution in [1.82, 2.24) is 0 Å². The summed E-state index contributed by atoms with van der Waals surface area (Å²) < 4.78 is 0. The Balaban J connectivity index is 2.37. The zero-order chi connectivity index (χ0) is 15.5. The van der Waals surface area contributed by atoms with Gasteiger partial charge in [-0.1, -0.05) is 67.6 Å². The SMILES string of the molecule is CC/C=C\c1c(-c2ccccc2C)cc2ccccc2c1C. The first kappa shape index (κ1) is 14.6. The van der Waals surface area contributed by atoms with Crippen molar-refractivity contribution >= 4 is 16.8 Å². The second-order valence-electron chi connectivity index (χ2n) is 5.81. The number of fused-ring (bicyclic) bond motifs is 1. The monoisotopic (exact) mass is 286 g/mol. The lowest BCUT2D eigenvalue weighted by Crippen LogP contribution is -1.92. The van der Waals surface area contributed by atoms with Crippen LogP contribution in [0.3, 0.4) is 0 Å². The molecule has 110 valence electrons. The molecule has 3 aromatic carbocycles. The summed E-state index contributed by atoms with van der Waals surface area (Å²) in [7, 11) is 0. The third-order valence-corrected chi connectivity index (χ3v) is 4.31. The van der Waals surface area contributed by atoms with Crippen LogP contribution < -0.4 is 0 Å². The molecule has 0 saturated carbocycles. The molecule has 0 fully saturated rings. The largest absolute Gasteiger partial charge is 0.0842 e. The molecular weight excluding hydrogens is 264 g/mol. The maximum Gasteiger partial charge on any atom is -0.00998 e. The van der Waals surface area contributed by atoms with Crippen LogP contribution >= 0.6 is 0 Å². The average molecular weight is 286 g/mol. The van der Waals surface area contributed by atoms with Gasteiger partial charge in [0.15, 0.2) is 0 Å². The lowest BCUT2D eigenvalue weighted by Gasteiger charge is -2.15. The van der Waals surface area contributed by atoms with E-state index < -0.39 is 0 Å². The van der Waals surface area contributed by atoms with Crippen molar-refractivity contribution in [3.63, 3.8) is 0 Å². The summed E-state index contributed by atoms with van der Waals surface area (Å²) in [6.07, 6.45) is 5.59. The lowest BCUT2D eigenvalue weighted by molar-refractivity contribution is 1.23. The third kappa shape index (κ3) is 2.57. The second-order valence-corrected chi connectivity index (χ2v) is 5.81. The topological polar surface area (TPSA) is 0 Å². The molecule has 22 heavy (non-hydrogen) atoms. The third-order valence-electron chi connectivity index (χ3n) is 4.31. The molecule has 0 bridgehead atoms. The molecule has 0 aliphatic rings. The number of rotatable bonds is 3. The van der Waals surface area contributed by atoms with Crippen molar-refractivity contribution in [3.8, 4) is 11.1 Å². The van der Waals surface area contributed by atoms with E-state index in [9.17, 15) is 0 Å². The lowest BCUT2D eigenvalue weighted by atomic mass is 9.89. The summed E-state index contributed by atoms with van der Waals surface area (Å²) in [5.41, 5.74) is 6.69. The molecule has 0 aromatic heterocycles.